The van der Waals surface area contributed by atoms with Gasteiger partial charge in [-0.05, 0) is 23.8 Å². The fraction of sp³-hybridized carbons (Fsp3) is 0.278. The van der Waals surface area contributed by atoms with Gasteiger partial charge in [-0.15, -0.1) is 0 Å². The van der Waals surface area contributed by atoms with Gasteiger partial charge in [0.1, 0.15) is 17.9 Å². The second-order valence-electron chi connectivity index (χ2n) is 5.47. The summed E-state index contributed by atoms with van der Waals surface area (Å²) in [5, 5.41) is 3.78. The van der Waals surface area contributed by atoms with E-state index in [9.17, 15) is 4.79 Å². The molecule has 0 spiro atoms. The highest BCUT2D eigenvalue weighted by molar-refractivity contribution is 6.31. The van der Waals surface area contributed by atoms with E-state index >= 15 is 0 Å². The molecule has 5 heteroatoms. The largest absolute Gasteiger partial charge is 0.488 e. The molecule has 23 heavy (non-hydrogen) atoms. The van der Waals surface area contributed by atoms with E-state index in [1.807, 2.05) is 48.5 Å². The van der Waals surface area contributed by atoms with E-state index < -0.39 is 0 Å². The van der Waals surface area contributed by atoms with Gasteiger partial charge in [-0.25, -0.2) is 0 Å². The van der Waals surface area contributed by atoms with Crippen LogP contribution in [0.5, 0.6) is 5.75 Å². The van der Waals surface area contributed by atoms with Crippen LogP contribution in [0.15, 0.2) is 48.5 Å². The quantitative estimate of drug-likeness (QED) is 0.873. The van der Waals surface area contributed by atoms with Gasteiger partial charge in [-0.2, -0.15) is 0 Å². The Morgan fingerprint density at radius 3 is 2.74 bits per heavy atom. The molecule has 0 radical (unpaired) electrons. The topological polar surface area (TPSA) is 47.6 Å². The molecule has 1 aliphatic rings. The Bertz CT molecular complexity index is 690. The SMILES string of the molecule is COC(=O)[C@@H]1C[C@@H](Oc2ccc(Cl)cc2-c2ccccc2)CN1. The summed E-state index contributed by atoms with van der Waals surface area (Å²) in [4.78, 5) is 11.6. The molecular weight excluding hydrogens is 314 g/mol. The molecule has 0 bridgehead atoms. The Labute approximate surface area is 140 Å². The van der Waals surface area contributed by atoms with Crippen molar-refractivity contribution < 1.29 is 14.3 Å². The third kappa shape index (κ3) is 3.66. The maximum absolute atomic E-state index is 11.6. The van der Waals surface area contributed by atoms with E-state index in [1.54, 1.807) is 0 Å². The van der Waals surface area contributed by atoms with Crippen molar-refractivity contribution in [3.63, 3.8) is 0 Å². The monoisotopic (exact) mass is 331 g/mol. The van der Waals surface area contributed by atoms with Crippen molar-refractivity contribution in [3.8, 4) is 16.9 Å². The van der Waals surface area contributed by atoms with Crippen molar-refractivity contribution >= 4 is 17.6 Å². The smallest absolute Gasteiger partial charge is 0.323 e. The van der Waals surface area contributed by atoms with Gasteiger partial charge in [0.15, 0.2) is 0 Å². The van der Waals surface area contributed by atoms with Gasteiger partial charge in [0.2, 0.25) is 0 Å². The first kappa shape index (κ1) is 15.8. The first-order valence-electron chi connectivity index (χ1n) is 7.50. The molecule has 1 fully saturated rings. The summed E-state index contributed by atoms with van der Waals surface area (Å²) in [6, 6.07) is 15.2. The molecule has 4 nitrogen and oxygen atoms in total. The molecule has 1 heterocycles. The van der Waals surface area contributed by atoms with Crippen molar-refractivity contribution in [2.24, 2.45) is 0 Å². The Balaban J connectivity index is 1.80. The van der Waals surface area contributed by atoms with E-state index in [0.717, 1.165) is 16.9 Å². The van der Waals surface area contributed by atoms with E-state index in [0.29, 0.717) is 18.0 Å². The third-order valence-corrected chi connectivity index (χ3v) is 4.13. The standard InChI is InChI=1S/C18H18ClNO3/c1-22-18(21)16-10-14(11-20-16)23-17-8-7-13(19)9-15(17)12-5-3-2-4-6-12/h2-9,14,16,20H,10-11H2,1H3/t14-,16+/m1/s1. The summed E-state index contributed by atoms with van der Waals surface area (Å²) < 4.78 is 10.9. The van der Waals surface area contributed by atoms with Crippen LogP contribution in [0, 0.1) is 0 Å². The Kier molecular flexibility index (Phi) is 4.84. The molecule has 1 N–H and O–H groups in total. The Morgan fingerprint density at radius 1 is 1.22 bits per heavy atom. The first-order valence-corrected chi connectivity index (χ1v) is 7.88. The van der Waals surface area contributed by atoms with Crippen molar-refractivity contribution in [2.75, 3.05) is 13.7 Å². The fourth-order valence-corrected chi connectivity index (χ4v) is 2.91. The summed E-state index contributed by atoms with van der Waals surface area (Å²) in [6.07, 6.45) is 0.506. The minimum atomic E-state index is -0.308. The van der Waals surface area contributed by atoms with Gasteiger partial charge in [0.05, 0.1) is 7.11 Å². The van der Waals surface area contributed by atoms with Crippen LogP contribution in [0.2, 0.25) is 5.02 Å². The number of rotatable bonds is 4. The van der Waals surface area contributed by atoms with Crippen LogP contribution in [0.25, 0.3) is 11.1 Å². The lowest BCUT2D eigenvalue weighted by molar-refractivity contribution is -0.142. The van der Waals surface area contributed by atoms with Gasteiger partial charge < -0.3 is 14.8 Å². The van der Waals surface area contributed by atoms with Gasteiger partial charge in [-0.3, -0.25) is 4.79 Å². The minimum absolute atomic E-state index is 0.0808. The average Bonchev–Trinajstić information content (AvgIpc) is 3.05. The third-order valence-electron chi connectivity index (χ3n) is 3.90. The maximum Gasteiger partial charge on any atom is 0.323 e. The zero-order chi connectivity index (χ0) is 16.2. The molecule has 0 saturated carbocycles. The van der Waals surface area contributed by atoms with Gasteiger partial charge in [0.25, 0.3) is 0 Å². The molecule has 120 valence electrons. The van der Waals surface area contributed by atoms with Crippen LogP contribution in [0.4, 0.5) is 0 Å². The molecule has 2 aromatic carbocycles. The molecule has 0 unspecified atom stereocenters. The molecular formula is C18H18ClNO3. The van der Waals surface area contributed by atoms with E-state index in [1.165, 1.54) is 7.11 Å². The normalized spacial score (nSPS) is 20.3. The van der Waals surface area contributed by atoms with Crippen LogP contribution >= 0.6 is 11.6 Å². The molecule has 0 amide bonds. The van der Waals surface area contributed by atoms with E-state index in [2.05, 4.69) is 5.32 Å². The number of carbonyl (C=O) groups is 1. The van der Waals surface area contributed by atoms with Crippen molar-refractivity contribution in [2.45, 2.75) is 18.6 Å². The number of hydrogen-bond acceptors (Lipinski definition) is 4. The Hall–Kier alpha value is -2.04. The predicted octanol–water partition coefficient (Wildman–Crippen LogP) is 3.29. The molecule has 1 saturated heterocycles. The van der Waals surface area contributed by atoms with E-state index in [-0.39, 0.29) is 18.1 Å². The molecule has 2 atom stereocenters. The lowest BCUT2D eigenvalue weighted by Crippen LogP contribution is -2.31. The number of ether oxygens (including phenoxy) is 2. The highest BCUT2D eigenvalue weighted by Crippen LogP contribution is 2.34. The fourth-order valence-electron chi connectivity index (χ4n) is 2.74. The molecule has 1 aliphatic heterocycles. The van der Waals surface area contributed by atoms with Gasteiger partial charge >= 0.3 is 5.97 Å². The van der Waals surface area contributed by atoms with Crippen molar-refractivity contribution in [1.82, 2.24) is 5.32 Å². The second-order valence-corrected chi connectivity index (χ2v) is 5.90. The number of nitrogens with one attached hydrogen (secondary N) is 1. The summed E-state index contributed by atoms with van der Waals surface area (Å²) >= 11 is 6.14. The number of hydrogen-bond donors (Lipinski definition) is 1. The number of esters is 1. The van der Waals surface area contributed by atoms with Crippen LogP contribution in [0.1, 0.15) is 6.42 Å². The van der Waals surface area contributed by atoms with Gasteiger partial charge in [-0.1, -0.05) is 41.9 Å². The van der Waals surface area contributed by atoms with Crippen molar-refractivity contribution in [3.05, 3.63) is 53.6 Å². The Morgan fingerprint density at radius 2 is 2.00 bits per heavy atom. The van der Waals surface area contributed by atoms with Crippen LogP contribution in [0.3, 0.4) is 0 Å². The summed E-state index contributed by atoms with van der Waals surface area (Å²) in [5.41, 5.74) is 1.99. The van der Waals surface area contributed by atoms with Crippen LogP contribution < -0.4 is 10.1 Å². The molecule has 0 aliphatic carbocycles. The van der Waals surface area contributed by atoms with Crippen LogP contribution in [-0.4, -0.2) is 31.8 Å². The first-order chi connectivity index (χ1) is 11.2. The van der Waals surface area contributed by atoms with E-state index in [4.69, 9.17) is 21.1 Å². The lowest BCUT2D eigenvalue weighted by Gasteiger charge is -2.17. The zero-order valence-corrected chi connectivity index (χ0v) is 13.5. The molecule has 0 aromatic heterocycles. The predicted molar refractivity (Wildman–Crippen MR) is 89.7 cm³/mol. The number of halogens is 1. The molecule has 3 rings (SSSR count). The highest BCUT2D eigenvalue weighted by atomic mass is 35.5. The number of carbonyl (C=O) groups excluding carboxylic acids is 1. The number of benzene rings is 2. The highest BCUT2D eigenvalue weighted by Gasteiger charge is 2.31. The maximum atomic E-state index is 11.6. The lowest BCUT2D eigenvalue weighted by atomic mass is 10.0. The molecule has 2 aromatic rings. The summed E-state index contributed by atoms with van der Waals surface area (Å²) in [7, 11) is 1.39. The van der Waals surface area contributed by atoms with Crippen LogP contribution in [-0.2, 0) is 9.53 Å². The summed E-state index contributed by atoms with van der Waals surface area (Å²) in [6.45, 7) is 0.608. The van der Waals surface area contributed by atoms with Gasteiger partial charge in [0, 0.05) is 23.6 Å². The average molecular weight is 332 g/mol. The summed E-state index contributed by atoms with van der Waals surface area (Å²) in [5.74, 6) is 0.508. The minimum Gasteiger partial charge on any atom is -0.488 e. The van der Waals surface area contributed by atoms with Crippen molar-refractivity contribution in [1.29, 1.82) is 0 Å². The second kappa shape index (κ2) is 7.02. The zero-order valence-electron chi connectivity index (χ0n) is 12.8. The number of methoxy groups -OCH3 is 1.